The summed E-state index contributed by atoms with van der Waals surface area (Å²) in [6.07, 6.45) is 2.73. The number of nitrogens with zero attached hydrogens (tertiary/aromatic N) is 2. The van der Waals surface area contributed by atoms with Gasteiger partial charge in [0.2, 0.25) is 0 Å². The average Bonchev–Trinajstić information content (AvgIpc) is 2.33. The van der Waals surface area contributed by atoms with Crippen molar-refractivity contribution in [2.45, 2.75) is 39.2 Å². The van der Waals surface area contributed by atoms with Gasteiger partial charge in [0.1, 0.15) is 0 Å². The Labute approximate surface area is 107 Å². The summed E-state index contributed by atoms with van der Waals surface area (Å²) in [5.41, 5.74) is 0.360. The molecule has 2 aliphatic rings. The highest BCUT2D eigenvalue weighted by molar-refractivity contribution is 4.91. The van der Waals surface area contributed by atoms with Crippen molar-refractivity contribution in [3.05, 3.63) is 0 Å². The first-order valence-electron chi connectivity index (χ1n) is 7.30. The molecule has 2 saturated heterocycles. The van der Waals surface area contributed by atoms with Crippen molar-refractivity contribution in [3.8, 4) is 0 Å². The van der Waals surface area contributed by atoms with E-state index in [9.17, 15) is 0 Å². The van der Waals surface area contributed by atoms with E-state index >= 15 is 0 Å². The van der Waals surface area contributed by atoms with Crippen LogP contribution in [0.3, 0.4) is 0 Å². The quantitative estimate of drug-likeness (QED) is 0.803. The molecule has 0 bridgehead atoms. The highest BCUT2D eigenvalue weighted by atomic mass is 15.3. The van der Waals surface area contributed by atoms with Gasteiger partial charge in [-0.05, 0) is 52.2 Å². The van der Waals surface area contributed by atoms with E-state index in [1.54, 1.807) is 0 Å². The SMILES string of the molecule is CCN1CCN(CC2CCNCC2)C(C)(C)C1. The summed E-state index contributed by atoms with van der Waals surface area (Å²) in [5.74, 6) is 0.920. The van der Waals surface area contributed by atoms with Crippen molar-refractivity contribution in [3.63, 3.8) is 0 Å². The van der Waals surface area contributed by atoms with Crippen molar-refractivity contribution >= 4 is 0 Å². The number of rotatable bonds is 3. The number of piperidine rings is 1. The van der Waals surface area contributed by atoms with Crippen LogP contribution in [-0.4, -0.2) is 61.2 Å². The van der Waals surface area contributed by atoms with E-state index in [4.69, 9.17) is 0 Å². The number of nitrogens with one attached hydrogen (secondary N) is 1. The number of hydrogen-bond donors (Lipinski definition) is 1. The maximum absolute atomic E-state index is 3.46. The van der Waals surface area contributed by atoms with Crippen LogP contribution in [0.5, 0.6) is 0 Å². The molecule has 2 rings (SSSR count). The first-order valence-corrected chi connectivity index (χ1v) is 7.30. The molecule has 3 heteroatoms. The van der Waals surface area contributed by atoms with Crippen LogP contribution in [0.25, 0.3) is 0 Å². The largest absolute Gasteiger partial charge is 0.317 e. The van der Waals surface area contributed by atoms with Crippen LogP contribution in [-0.2, 0) is 0 Å². The molecule has 0 aromatic carbocycles. The van der Waals surface area contributed by atoms with Gasteiger partial charge in [0.15, 0.2) is 0 Å². The second-order valence-corrected chi connectivity index (χ2v) is 6.32. The lowest BCUT2D eigenvalue weighted by Gasteiger charge is -2.48. The molecule has 0 saturated carbocycles. The van der Waals surface area contributed by atoms with Gasteiger partial charge in [-0.2, -0.15) is 0 Å². The average molecular weight is 239 g/mol. The van der Waals surface area contributed by atoms with Gasteiger partial charge in [0, 0.05) is 31.7 Å². The van der Waals surface area contributed by atoms with Crippen LogP contribution in [0.15, 0.2) is 0 Å². The summed E-state index contributed by atoms with van der Waals surface area (Å²) >= 11 is 0. The third-order valence-electron chi connectivity index (χ3n) is 4.54. The minimum absolute atomic E-state index is 0.360. The van der Waals surface area contributed by atoms with Gasteiger partial charge in [-0.3, -0.25) is 4.90 Å². The molecule has 2 aliphatic heterocycles. The van der Waals surface area contributed by atoms with Gasteiger partial charge in [0.25, 0.3) is 0 Å². The maximum atomic E-state index is 3.46. The summed E-state index contributed by atoms with van der Waals surface area (Å²) in [5, 5.41) is 3.46. The third kappa shape index (κ3) is 3.43. The Kier molecular flexibility index (Phi) is 4.45. The molecule has 0 radical (unpaired) electrons. The zero-order valence-corrected chi connectivity index (χ0v) is 11.8. The summed E-state index contributed by atoms with van der Waals surface area (Å²) in [7, 11) is 0. The Hall–Kier alpha value is -0.120. The number of piperazine rings is 1. The second kappa shape index (κ2) is 5.68. The van der Waals surface area contributed by atoms with Crippen LogP contribution in [0.1, 0.15) is 33.6 Å². The molecule has 3 nitrogen and oxygen atoms in total. The van der Waals surface area contributed by atoms with Crippen molar-refractivity contribution < 1.29 is 0 Å². The van der Waals surface area contributed by atoms with Crippen LogP contribution in [0.4, 0.5) is 0 Å². The van der Waals surface area contributed by atoms with E-state index < -0.39 is 0 Å². The van der Waals surface area contributed by atoms with Crippen molar-refractivity contribution in [1.29, 1.82) is 0 Å². The fourth-order valence-electron chi connectivity index (χ4n) is 3.28. The fraction of sp³-hybridized carbons (Fsp3) is 1.00. The Balaban J connectivity index is 1.87. The van der Waals surface area contributed by atoms with Gasteiger partial charge >= 0.3 is 0 Å². The Morgan fingerprint density at radius 3 is 2.47 bits per heavy atom. The summed E-state index contributed by atoms with van der Waals surface area (Å²) in [4.78, 5) is 5.31. The Morgan fingerprint density at radius 2 is 1.88 bits per heavy atom. The smallest absolute Gasteiger partial charge is 0.0280 e. The predicted octanol–water partition coefficient (Wildman–Crippen LogP) is 1.40. The zero-order chi connectivity index (χ0) is 12.3. The number of hydrogen-bond acceptors (Lipinski definition) is 3. The number of likely N-dealkylation sites (N-methyl/N-ethyl adjacent to an activating group) is 1. The maximum Gasteiger partial charge on any atom is 0.0280 e. The molecule has 0 amide bonds. The molecule has 100 valence electrons. The van der Waals surface area contributed by atoms with Crippen molar-refractivity contribution in [1.82, 2.24) is 15.1 Å². The predicted molar refractivity (Wildman–Crippen MR) is 73.4 cm³/mol. The lowest BCUT2D eigenvalue weighted by molar-refractivity contribution is 0.00831. The molecule has 0 unspecified atom stereocenters. The summed E-state index contributed by atoms with van der Waals surface area (Å²) in [6.45, 7) is 15.8. The molecule has 17 heavy (non-hydrogen) atoms. The monoisotopic (exact) mass is 239 g/mol. The molecule has 0 aromatic rings. The van der Waals surface area contributed by atoms with E-state index in [2.05, 4.69) is 35.9 Å². The van der Waals surface area contributed by atoms with Gasteiger partial charge < -0.3 is 10.2 Å². The molecular weight excluding hydrogens is 210 g/mol. The third-order valence-corrected chi connectivity index (χ3v) is 4.54. The molecule has 0 spiro atoms. The van der Waals surface area contributed by atoms with E-state index in [0.717, 1.165) is 5.92 Å². The van der Waals surface area contributed by atoms with Crippen LogP contribution >= 0.6 is 0 Å². The van der Waals surface area contributed by atoms with Gasteiger partial charge in [-0.25, -0.2) is 0 Å². The summed E-state index contributed by atoms with van der Waals surface area (Å²) < 4.78 is 0. The molecular formula is C14H29N3. The standard InChI is InChI=1S/C14H29N3/c1-4-16-9-10-17(14(2,3)12-16)11-13-5-7-15-8-6-13/h13,15H,4-12H2,1-3H3. The van der Waals surface area contributed by atoms with E-state index in [1.165, 1.54) is 58.7 Å². The van der Waals surface area contributed by atoms with Crippen molar-refractivity contribution in [2.75, 3.05) is 45.8 Å². The fourth-order valence-corrected chi connectivity index (χ4v) is 3.28. The normalized spacial score (nSPS) is 28.4. The van der Waals surface area contributed by atoms with Gasteiger partial charge in [-0.15, -0.1) is 0 Å². The molecule has 2 heterocycles. The van der Waals surface area contributed by atoms with Crippen LogP contribution in [0, 0.1) is 5.92 Å². The van der Waals surface area contributed by atoms with Gasteiger partial charge in [-0.1, -0.05) is 6.92 Å². The Morgan fingerprint density at radius 1 is 1.18 bits per heavy atom. The van der Waals surface area contributed by atoms with Crippen LogP contribution in [0.2, 0.25) is 0 Å². The molecule has 1 N–H and O–H groups in total. The second-order valence-electron chi connectivity index (χ2n) is 6.32. The highest BCUT2D eigenvalue weighted by Crippen LogP contribution is 2.24. The van der Waals surface area contributed by atoms with Crippen LogP contribution < -0.4 is 5.32 Å². The zero-order valence-electron chi connectivity index (χ0n) is 11.8. The Bertz CT molecular complexity index is 234. The van der Waals surface area contributed by atoms with Gasteiger partial charge in [0.05, 0.1) is 0 Å². The topological polar surface area (TPSA) is 18.5 Å². The van der Waals surface area contributed by atoms with E-state index in [0.29, 0.717) is 5.54 Å². The molecule has 0 aliphatic carbocycles. The minimum Gasteiger partial charge on any atom is -0.317 e. The lowest BCUT2D eigenvalue weighted by atomic mass is 9.92. The van der Waals surface area contributed by atoms with E-state index in [-0.39, 0.29) is 0 Å². The molecule has 2 fully saturated rings. The first-order chi connectivity index (χ1) is 8.12. The lowest BCUT2D eigenvalue weighted by Crippen LogP contribution is -2.60. The minimum atomic E-state index is 0.360. The molecule has 0 atom stereocenters. The molecule has 0 aromatic heterocycles. The summed E-state index contributed by atoms with van der Waals surface area (Å²) in [6, 6.07) is 0. The highest BCUT2D eigenvalue weighted by Gasteiger charge is 2.34. The van der Waals surface area contributed by atoms with E-state index in [1.807, 2.05) is 0 Å². The van der Waals surface area contributed by atoms with Crippen molar-refractivity contribution in [2.24, 2.45) is 5.92 Å². The first kappa shape index (κ1) is 13.3.